The lowest BCUT2D eigenvalue weighted by Crippen LogP contribution is -2.29. The summed E-state index contributed by atoms with van der Waals surface area (Å²) in [5, 5.41) is 1.34. The Balaban J connectivity index is 2.78. The van der Waals surface area contributed by atoms with Crippen molar-refractivity contribution in [3.05, 3.63) is 31.9 Å². The van der Waals surface area contributed by atoms with Gasteiger partial charge in [0, 0.05) is 18.6 Å². The molecule has 0 atom stereocenters. The first-order valence-corrected chi connectivity index (χ1v) is 7.46. The minimum atomic E-state index is -0.468. The third kappa shape index (κ3) is 2.69. The maximum atomic E-state index is 12.0. The molecule has 2 rings (SSSR count). The predicted molar refractivity (Wildman–Crippen MR) is 81.6 cm³/mol. The Morgan fingerprint density at radius 3 is 2.80 bits per heavy atom. The molecule has 0 bridgehead atoms. The van der Waals surface area contributed by atoms with Crippen LogP contribution >= 0.6 is 23.4 Å². The monoisotopic (exact) mass is 314 g/mol. The Labute approximate surface area is 124 Å². The third-order valence-electron chi connectivity index (χ3n) is 2.80. The topological polar surface area (TPSA) is 72.7 Å². The number of hydrogen-bond donors (Lipinski definition) is 1. The van der Waals surface area contributed by atoms with Crippen LogP contribution < -0.4 is 11.2 Å². The fourth-order valence-electron chi connectivity index (χ4n) is 1.84. The van der Waals surface area contributed by atoms with E-state index in [2.05, 4.69) is 9.97 Å². The van der Waals surface area contributed by atoms with Crippen LogP contribution in [0.4, 0.5) is 0 Å². The number of thioether (sulfide) groups is 1. The molecule has 20 heavy (non-hydrogen) atoms. The number of H-pyrrole nitrogens is 1. The molecule has 6 nitrogen and oxygen atoms in total. The smallest absolute Gasteiger partial charge is 0.309 e. The van der Waals surface area contributed by atoms with Crippen LogP contribution in [0, 0.1) is 0 Å². The van der Waals surface area contributed by atoms with Gasteiger partial charge < -0.3 is 4.57 Å². The standard InChI is InChI=1S/C12H15ClN4O2S/c1-4-20-12-14-9-8(17(12)6-5-7(2)13)10(18)15-11(19)16(9)3/h5H,4,6H2,1-3H3,(H,15,18,19)/b7-5-. The normalized spacial score (nSPS) is 12.3. The summed E-state index contributed by atoms with van der Waals surface area (Å²) in [4.78, 5) is 30.3. The first-order valence-electron chi connectivity index (χ1n) is 6.10. The third-order valence-corrected chi connectivity index (χ3v) is 3.81. The van der Waals surface area contributed by atoms with E-state index in [0.717, 1.165) is 5.75 Å². The highest BCUT2D eigenvalue weighted by atomic mass is 35.5. The molecule has 0 radical (unpaired) electrons. The Kier molecular flexibility index (Phi) is 4.39. The summed E-state index contributed by atoms with van der Waals surface area (Å²) in [7, 11) is 1.58. The number of nitrogens with zero attached hydrogens (tertiary/aromatic N) is 3. The molecule has 0 saturated heterocycles. The van der Waals surface area contributed by atoms with Crippen LogP contribution in [-0.4, -0.2) is 24.9 Å². The van der Waals surface area contributed by atoms with Gasteiger partial charge in [-0.15, -0.1) is 0 Å². The maximum Gasteiger partial charge on any atom is 0.329 e. The van der Waals surface area contributed by atoms with Gasteiger partial charge in [-0.05, 0) is 12.7 Å². The van der Waals surface area contributed by atoms with E-state index in [9.17, 15) is 9.59 Å². The van der Waals surface area contributed by atoms with Crippen molar-refractivity contribution in [1.29, 1.82) is 0 Å². The second kappa shape index (κ2) is 5.88. The molecule has 2 aromatic rings. The number of aryl methyl sites for hydroxylation is 1. The van der Waals surface area contributed by atoms with Gasteiger partial charge >= 0.3 is 5.69 Å². The molecule has 108 valence electrons. The number of allylic oxidation sites excluding steroid dienone is 2. The summed E-state index contributed by atoms with van der Waals surface area (Å²) >= 11 is 7.36. The van der Waals surface area contributed by atoms with E-state index in [4.69, 9.17) is 11.6 Å². The SMILES string of the molecule is CCSc1nc2c(c(=O)[nH]c(=O)n2C)n1C/C=C(/C)Cl. The van der Waals surface area contributed by atoms with Crippen LogP contribution in [0.3, 0.4) is 0 Å². The minimum absolute atomic E-state index is 0.385. The fraction of sp³-hybridized carbons (Fsp3) is 0.417. The fourth-order valence-corrected chi connectivity index (χ4v) is 2.64. The molecule has 0 aliphatic heterocycles. The average molecular weight is 315 g/mol. The number of fused-ring (bicyclic) bond motifs is 1. The van der Waals surface area contributed by atoms with Crippen molar-refractivity contribution in [1.82, 2.24) is 19.1 Å². The Bertz CT molecular complexity index is 783. The second-order valence-corrected chi connectivity index (χ2v) is 6.05. The van der Waals surface area contributed by atoms with Gasteiger partial charge in [0.05, 0.1) is 0 Å². The van der Waals surface area contributed by atoms with E-state index < -0.39 is 11.2 Å². The molecule has 0 saturated carbocycles. The van der Waals surface area contributed by atoms with E-state index in [-0.39, 0.29) is 0 Å². The van der Waals surface area contributed by atoms with Gasteiger partial charge in [0.1, 0.15) is 0 Å². The van der Waals surface area contributed by atoms with Crippen molar-refractivity contribution in [2.24, 2.45) is 7.05 Å². The molecule has 0 aliphatic carbocycles. The van der Waals surface area contributed by atoms with Crippen molar-refractivity contribution in [3.8, 4) is 0 Å². The zero-order chi connectivity index (χ0) is 14.9. The van der Waals surface area contributed by atoms with Crippen LogP contribution in [0.5, 0.6) is 0 Å². The number of halogens is 1. The summed E-state index contributed by atoms with van der Waals surface area (Å²) < 4.78 is 3.11. The number of hydrogen-bond acceptors (Lipinski definition) is 4. The molecule has 8 heteroatoms. The molecular formula is C12H15ClN4O2S. The maximum absolute atomic E-state index is 12.0. The van der Waals surface area contributed by atoms with Gasteiger partial charge in [0.25, 0.3) is 5.56 Å². The summed E-state index contributed by atoms with van der Waals surface area (Å²) in [6, 6.07) is 0. The van der Waals surface area contributed by atoms with Crippen LogP contribution in [0.15, 0.2) is 25.9 Å². The Hall–Kier alpha value is -1.47. The zero-order valence-corrected chi connectivity index (χ0v) is 13.0. The van der Waals surface area contributed by atoms with E-state index >= 15 is 0 Å². The van der Waals surface area contributed by atoms with Crippen molar-refractivity contribution in [3.63, 3.8) is 0 Å². The highest BCUT2D eigenvalue weighted by molar-refractivity contribution is 7.99. The van der Waals surface area contributed by atoms with E-state index in [1.165, 1.54) is 16.3 Å². The number of aromatic nitrogens is 4. The number of imidazole rings is 1. The quantitative estimate of drug-likeness (QED) is 0.871. The molecule has 0 spiro atoms. The summed E-state index contributed by atoms with van der Waals surface area (Å²) in [5.74, 6) is 0.818. The van der Waals surface area contributed by atoms with Crippen molar-refractivity contribution < 1.29 is 0 Å². The summed E-state index contributed by atoms with van der Waals surface area (Å²) in [6.07, 6.45) is 1.80. The van der Waals surface area contributed by atoms with Crippen molar-refractivity contribution in [2.75, 3.05) is 5.75 Å². The van der Waals surface area contributed by atoms with Crippen LogP contribution in [0.25, 0.3) is 11.2 Å². The highest BCUT2D eigenvalue weighted by Gasteiger charge is 2.16. The average Bonchev–Trinajstić information content (AvgIpc) is 2.73. The molecule has 0 aliphatic rings. The molecule has 0 unspecified atom stereocenters. The number of rotatable bonds is 4. The first kappa shape index (κ1) is 14.9. The van der Waals surface area contributed by atoms with E-state index in [1.54, 1.807) is 24.6 Å². The van der Waals surface area contributed by atoms with Gasteiger partial charge in [0.2, 0.25) is 0 Å². The molecule has 2 heterocycles. The molecule has 0 aromatic carbocycles. The van der Waals surface area contributed by atoms with Crippen LogP contribution in [0.2, 0.25) is 0 Å². The second-order valence-electron chi connectivity index (χ2n) is 4.22. The van der Waals surface area contributed by atoms with Gasteiger partial charge in [-0.3, -0.25) is 14.3 Å². The highest BCUT2D eigenvalue weighted by Crippen LogP contribution is 2.21. The van der Waals surface area contributed by atoms with Crippen molar-refractivity contribution in [2.45, 2.75) is 25.5 Å². The lowest BCUT2D eigenvalue weighted by atomic mass is 10.4. The van der Waals surface area contributed by atoms with Gasteiger partial charge in [-0.25, -0.2) is 9.78 Å². The van der Waals surface area contributed by atoms with Crippen LogP contribution in [0.1, 0.15) is 13.8 Å². The Morgan fingerprint density at radius 2 is 2.20 bits per heavy atom. The van der Waals surface area contributed by atoms with Crippen molar-refractivity contribution >= 4 is 34.5 Å². The lowest BCUT2D eigenvalue weighted by molar-refractivity contribution is 0.743. The number of nitrogens with one attached hydrogen (secondary N) is 1. The van der Waals surface area contributed by atoms with Gasteiger partial charge in [-0.2, -0.15) is 0 Å². The van der Waals surface area contributed by atoms with Gasteiger partial charge in [-0.1, -0.05) is 36.4 Å². The molecule has 0 amide bonds. The summed E-state index contributed by atoms with van der Waals surface area (Å²) in [6.45, 7) is 4.21. The summed E-state index contributed by atoms with van der Waals surface area (Å²) in [5.41, 5.74) is -0.129. The molecule has 2 aromatic heterocycles. The van der Waals surface area contributed by atoms with E-state index in [1.807, 2.05) is 6.92 Å². The van der Waals surface area contributed by atoms with Crippen LogP contribution in [-0.2, 0) is 13.6 Å². The first-order chi connectivity index (χ1) is 9.45. The molecular weight excluding hydrogens is 300 g/mol. The largest absolute Gasteiger partial charge is 0.329 e. The van der Waals surface area contributed by atoms with E-state index in [0.29, 0.717) is 27.9 Å². The predicted octanol–water partition coefficient (Wildman–Crippen LogP) is 1.68. The Morgan fingerprint density at radius 1 is 1.50 bits per heavy atom. The molecule has 0 fully saturated rings. The minimum Gasteiger partial charge on any atom is -0.309 e. The number of aromatic amines is 1. The molecule has 1 N–H and O–H groups in total. The zero-order valence-electron chi connectivity index (χ0n) is 11.4. The lowest BCUT2D eigenvalue weighted by Gasteiger charge is -2.04. The van der Waals surface area contributed by atoms with Gasteiger partial charge in [0.15, 0.2) is 16.3 Å².